The van der Waals surface area contributed by atoms with E-state index in [1.165, 1.54) is 0 Å². The van der Waals surface area contributed by atoms with Gasteiger partial charge in [-0.2, -0.15) is 13.2 Å². The zero-order valence-electron chi connectivity index (χ0n) is 11.1. The monoisotopic (exact) mass is 287 g/mol. The molecule has 0 radical (unpaired) electrons. The number of fused-ring (bicyclic) bond motifs is 1. The van der Waals surface area contributed by atoms with Crippen LogP contribution < -0.4 is 10.5 Å². The SMILES string of the molecule is CC1(c2cccc3c2OCC3)C[C@@](CN)(C(F)(F)F)O1. The highest BCUT2D eigenvalue weighted by molar-refractivity contribution is 5.48. The third-order valence-corrected chi connectivity index (χ3v) is 4.17. The first-order valence-electron chi connectivity index (χ1n) is 6.53. The van der Waals surface area contributed by atoms with Gasteiger partial charge in [-0.1, -0.05) is 18.2 Å². The van der Waals surface area contributed by atoms with Crippen LogP contribution in [0.4, 0.5) is 13.2 Å². The zero-order valence-corrected chi connectivity index (χ0v) is 11.1. The van der Waals surface area contributed by atoms with E-state index >= 15 is 0 Å². The molecule has 2 heterocycles. The Balaban J connectivity index is 1.93. The summed E-state index contributed by atoms with van der Waals surface area (Å²) < 4.78 is 50.0. The second kappa shape index (κ2) is 4.11. The number of rotatable bonds is 2. The van der Waals surface area contributed by atoms with Crippen molar-refractivity contribution in [3.8, 4) is 5.75 Å². The maximum absolute atomic E-state index is 13.1. The molecule has 0 amide bonds. The van der Waals surface area contributed by atoms with Crippen LogP contribution in [-0.4, -0.2) is 24.9 Å². The van der Waals surface area contributed by atoms with E-state index in [4.69, 9.17) is 15.2 Å². The van der Waals surface area contributed by atoms with Crippen molar-refractivity contribution in [1.82, 2.24) is 0 Å². The number of ether oxygens (including phenoxy) is 2. The molecule has 3 rings (SSSR count). The molecule has 1 saturated heterocycles. The minimum absolute atomic E-state index is 0.181. The van der Waals surface area contributed by atoms with Crippen LogP contribution in [0, 0.1) is 0 Å². The van der Waals surface area contributed by atoms with Crippen LogP contribution in [0.2, 0.25) is 0 Å². The minimum atomic E-state index is -4.46. The smallest absolute Gasteiger partial charge is 0.418 e. The second-order valence-corrected chi connectivity index (χ2v) is 5.60. The molecular formula is C14H16F3NO2. The number of alkyl halides is 3. The first-order valence-corrected chi connectivity index (χ1v) is 6.53. The summed E-state index contributed by atoms with van der Waals surface area (Å²) in [5, 5.41) is 0. The molecule has 1 fully saturated rings. The number of hydrogen-bond donors (Lipinski definition) is 1. The van der Waals surface area contributed by atoms with Crippen molar-refractivity contribution in [2.45, 2.75) is 37.1 Å². The lowest BCUT2D eigenvalue weighted by atomic mass is 9.75. The molecule has 110 valence electrons. The first kappa shape index (κ1) is 13.7. The fourth-order valence-corrected chi connectivity index (χ4v) is 3.14. The van der Waals surface area contributed by atoms with Gasteiger partial charge < -0.3 is 15.2 Å². The summed E-state index contributed by atoms with van der Waals surface area (Å²) in [5.41, 5.74) is 3.76. The fraction of sp³-hybridized carbons (Fsp3) is 0.571. The summed E-state index contributed by atoms with van der Waals surface area (Å²) in [6.07, 6.45) is -3.86. The molecule has 1 unspecified atom stereocenters. The molecule has 0 aliphatic carbocycles. The van der Waals surface area contributed by atoms with Gasteiger partial charge in [0.25, 0.3) is 0 Å². The van der Waals surface area contributed by atoms with Gasteiger partial charge >= 0.3 is 6.18 Å². The number of hydrogen-bond acceptors (Lipinski definition) is 3. The van der Waals surface area contributed by atoms with Crippen molar-refractivity contribution in [2.75, 3.05) is 13.2 Å². The molecule has 6 heteroatoms. The quantitative estimate of drug-likeness (QED) is 0.909. The largest absolute Gasteiger partial charge is 0.493 e. The standard InChI is InChI=1S/C14H16F3NO2/c1-12(7-13(8-18,20-12)14(15,16)17)10-4-2-3-9-5-6-19-11(9)10/h2-4H,5-8,18H2,1H3/t12?,13-/m1/s1. The molecule has 2 aliphatic heterocycles. The maximum Gasteiger partial charge on any atom is 0.418 e. The summed E-state index contributed by atoms with van der Waals surface area (Å²) in [6.45, 7) is 1.65. The van der Waals surface area contributed by atoms with E-state index in [1.54, 1.807) is 13.0 Å². The Morgan fingerprint density at radius 2 is 2.05 bits per heavy atom. The maximum atomic E-state index is 13.1. The Kier molecular flexibility index (Phi) is 2.82. The predicted octanol–water partition coefficient (Wildman–Crippen LogP) is 2.52. The predicted molar refractivity (Wildman–Crippen MR) is 66.5 cm³/mol. The summed E-state index contributed by atoms with van der Waals surface area (Å²) in [4.78, 5) is 0. The average Bonchev–Trinajstić information content (AvgIpc) is 2.81. The Hall–Kier alpha value is -1.27. The topological polar surface area (TPSA) is 44.5 Å². The van der Waals surface area contributed by atoms with Crippen molar-refractivity contribution in [3.05, 3.63) is 29.3 Å². The third kappa shape index (κ3) is 1.74. The summed E-state index contributed by atoms with van der Waals surface area (Å²) in [6, 6.07) is 5.52. The van der Waals surface area contributed by atoms with E-state index in [9.17, 15) is 13.2 Å². The molecule has 1 aromatic rings. The van der Waals surface area contributed by atoms with Crippen LogP contribution in [0.25, 0.3) is 0 Å². The van der Waals surface area contributed by atoms with Crippen molar-refractivity contribution in [1.29, 1.82) is 0 Å². The van der Waals surface area contributed by atoms with Crippen LogP contribution in [0.5, 0.6) is 5.75 Å². The molecule has 3 nitrogen and oxygen atoms in total. The van der Waals surface area contributed by atoms with Gasteiger partial charge in [0.2, 0.25) is 0 Å². The minimum Gasteiger partial charge on any atom is -0.493 e. The van der Waals surface area contributed by atoms with Crippen molar-refractivity contribution >= 4 is 0 Å². The molecule has 0 bridgehead atoms. The van der Waals surface area contributed by atoms with E-state index in [1.807, 2.05) is 12.1 Å². The van der Waals surface area contributed by atoms with Crippen molar-refractivity contribution < 1.29 is 22.6 Å². The first-order chi connectivity index (χ1) is 9.31. The third-order valence-electron chi connectivity index (χ3n) is 4.17. The van der Waals surface area contributed by atoms with Crippen molar-refractivity contribution in [2.24, 2.45) is 5.73 Å². The molecule has 2 atom stereocenters. The molecule has 2 N–H and O–H groups in total. The van der Waals surface area contributed by atoms with Crippen LogP contribution >= 0.6 is 0 Å². The average molecular weight is 287 g/mol. The molecule has 0 saturated carbocycles. The lowest BCUT2D eigenvalue weighted by molar-refractivity contribution is -0.381. The molecular weight excluding hydrogens is 271 g/mol. The van der Waals surface area contributed by atoms with Gasteiger partial charge in [-0.3, -0.25) is 0 Å². The Morgan fingerprint density at radius 1 is 1.35 bits per heavy atom. The molecule has 20 heavy (non-hydrogen) atoms. The van der Waals surface area contributed by atoms with Gasteiger partial charge in [0.15, 0.2) is 5.60 Å². The highest BCUT2D eigenvalue weighted by Gasteiger charge is 2.68. The zero-order chi connectivity index (χ0) is 14.6. The lowest BCUT2D eigenvalue weighted by Gasteiger charge is -2.54. The van der Waals surface area contributed by atoms with Crippen molar-refractivity contribution in [3.63, 3.8) is 0 Å². The number of halogens is 3. The van der Waals surface area contributed by atoms with E-state index in [0.717, 1.165) is 12.0 Å². The normalized spacial score (nSPS) is 32.5. The highest BCUT2D eigenvalue weighted by Crippen LogP contribution is 2.57. The highest BCUT2D eigenvalue weighted by atomic mass is 19.4. The van der Waals surface area contributed by atoms with Gasteiger partial charge in [0.05, 0.1) is 12.2 Å². The van der Waals surface area contributed by atoms with Crippen LogP contribution in [0.3, 0.4) is 0 Å². The number of benzene rings is 1. The summed E-state index contributed by atoms with van der Waals surface area (Å²) in [5.74, 6) is 0.669. The fourth-order valence-electron chi connectivity index (χ4n) is 3.14. The van der Waals surface area contributed by atoms with Crippen LogP contribution in [0.1, 0.15) is 24.5 Å². The molecule has 2 aliphatic rings. The number of nitrogens with two attached hydrogens (primary N) is 1. The van der Waals surface area contributed by atoms with Gasteiger partial charge in [-0.05, 0) is 12.5 Å². The van der Waals surface area contributed by atoms with E-state index in [-0.39, 0.29) is 6.42 Å². The van der Waals surface area contributed by atoms with Gasteiger partial charge in [-0.25, -0.2) is 0 Å². The molecule has 1 aromatic carbocycles. The van der Waals surface area contributed by atoms with Gasteiger partial charge in [-0.15, -0.1) is 0 Å². The van der Waals surface area contributed by atoms with Gasteiger partial charge in [0, 0.05) is 24.9 Å². The summed E-state index contributed by atoms with van der Waals surface area (Å²) >= 11 is 0. The van der Waals surface area contributed by atoms with E-state index in [0.29, 0.717) is 17.9 Å². The van der Waals surface area contributed by atoms with E-state index < -0.39 is 23.9 Å². The summed E-state index contributed by atoms with van der Waals surface area (Å²) in [7, 11) is 0. The Labute approximate surface area is 114 Å². The van der Waals surface area contributed by atoms with Gasteiger partial charge in [0.1, 0.15) is 5.75 Å². The second-order valence-electron chi connectivity index (χ2n) is 5.60. The lowest BCUT2D eigenvalue weighted by Crippen LogP contribution is -2.67. The van der Waals surface area contributed by atoms with E-state index in [2.05, 4.69) is 0 Å². The molecule has 0 spiro atoms. The van der Waals surface area contributed by atoms with Crippen LogP contribution in [0.15, 0.2) is 18.2 Å². The van der Waals surface area contributed by atoms with Crippen LogP contribution in [-0.2, 0) is 16.8 Å². The molecule has 0 aromatic heterocycles. The Morgan fingerprint density at radius 3 is 2.65 bits per heavy atom. The number of para-hydroxylation sites is 1. The Bertz CT molecular complexity index is 536.